The number of aromatic nitrogens is 2. The smallest absolute Gasteiger partial charge is 0.224 e. The van der Waals surface area contributed by atoms with Gasteiger partial charge in [-0.3, -0.25) is 4.79 Å². The third-order valence-corrected chi connectivity index (χ3v) is 4.81. The van der Waals surface area contributed by atoms with Crippen molar-refractivity contribution in [1.29, 1.82) is 0 Å². The standard InChI is InChI=1S/C21H21N3O2/c1-26-20-9-3-2-8-17(20)18-13-19(18)21(25)22-14-15-6-4-7-16(12-15)24-11-5-10-23-24/h2-12,18-19H,13-14H2,1H3,(H,22,25). The van der Waals surface area contributed by atoms with E-state index in [0.29, 0.717) is 6.54 Å². The summed E-state index contributed by atoms with van der Waals surface area (Å²) >= 11 is 0. The monoisotopic (exact) mass is 347 g/mol. The number of hydrogen-bond acceptors (Lipinski definition) is 3. The molecule has 1 saturated carbocycles. The second-order valence-corrected chi connectivity index (χ2v) is 6.53. The number of ether oxygens (including phenoxy) is 1. The summed E-state index contributed by atoms with van der Waals surface area (Å²) in [5.41, 5.74) is 3.16. The molecule has 0 saturated heterocycles. The maximum atomic E-state index is 12.5. The predicted octanol–water partition coefficient (Wildman–Crippen LogP) is 3.30. The van der Waals surface area contributed by atoms with Crippen LogP contribution in [0.25, 0.3) is 5.69 Å². The van der Waals surface area contributed by atoms with Crippen LogP contribution in [-0.4, -0.2) is 22.8 Å². The van der Waals surface area contributed by atoms with E-state index in [2.05, 4.69) is 10.4 Å². The van der Waals surface area contributed by atoms with Crippen LogP contribution >= 0.6 is 0 Å². The van der Waals surface area contributed by atoms with Gasteiger partial charge >= 0.3 is 0 Å². The van der Waals surface area contributed by atoms with Gasteiger partial charge in [0.25, 0.3) is 0 Å². The largest absolute Gasteiger partial charge is 0.496 e. The van der Waals surface area contributed by atoms with E-state index in [1.807, 2.05) is 65.5 Å². The Kier molecular flexibility index (Phi) is 4.44. The third kappa shape index (κ3) is 3.33. The maximum Gasteiger partial charge on any atom is 0.224 e. The highest BCUT2D eigenvalue weighted by molar-refractivity contribution is 5.83. The van der Waals surface area contributed by atoms with Crippen molar-refractivity contribution in [2.75, 3.05) is 7.11 Å². The summed E-state index contributed by atoms with van der Waals surface area (Å²) < 4.78 is 7.22. The van der Waals surface area contributed by atoms with Gasteiger partial charge in [-0.25, -0.2) is 4.68 Å². The zero-order valence-corrected chi connectivity index (χ0v) is 14.6. The summed E-state index contributed by atoms with van der Waals surface area (Å²) in [6, 6.07) is 17.9. The summed E-state index contributed by atoms with van der Waals surface area (Å²) in [6.45, 7) is 0.517. The van der Waals surface area contributed by atoms with Crippen molar-refractivity contribution >= 4 is 5.91 Å². The number of carbonyl (C=O) groups excluding carboxylic acids is 1. The summed E-state index contributed by atoms with van der Waals surface area (Å²) in [7, 11) is 1.67. The molecule has 2 aromatic carbocycles. The van der Waals surface area contributed by atoms with E-state index in [0.717, 1.165) is 29.0 Å². The van der Waals surface area contributed by atoms with Gasteiger partial charge in [0.05, 0.1) is 12.8 Å². The lowest BCUT2D eigenvalue weighted by Gasteiger charge is -2.09. The number of amides is 1. The van der Waals surface area contributed by atoms with Crippen LogP contribution in [0.3, 0.4) is 0 Å². The average Bonchev–Trinajstić information content (AvgIpc) is 3.30. The van der Waals surface area contributed by atoms with Crippen LogP contribution in [0.2, 0.25) is 0 Å². The quantitative estimate of drug-likeness (QED) is 0.744. The number of methoxy groups -OCH3 is 1. The fourth-order valence-corrected chi connectivity index (χ4v) is 3.35. The minimum absolute atomic E-state index is 0.0283. The van der Waals surface area contributed by atoms with E-state index in [1.165, 1.54) is 0 Å². The van der Waals surface area contributed by atoms with Crippen molar-refractivity contribution in [3.05, 3.63) is 78.1 Å². The first kappa shape index (κ1) is 16.4. The van der Waals surface area contributed by atoms with E-state index in [1.54, 1.807) is 13.3 Å². The fraction of sp³-hybridized carbons (Fsp3) is 0.238. The molecule has 0 spiro atoms. The molecule has 132 valence electrons. The van der Waals surface area contributed by atoms with Gasteiger partial charge in [-0.2, -0.15) is 5.10 Å². The molecule has 3 aromatic rings. The molecule has 0 radical (unpaired) electrons. The number of nitrogens with zero attached hydrogens (tertiary/aromatic N) is 2. The molecule has 2 atom stereocenters. The molecule has 1 aliphatic carbocycles. The van der Waals surface area contributed by atoms with Crippen molar-refractivity contribution in [3.8, 4) is 11.4 Å². The lowest BCUT2D eigenvalue weighted by Crippen LogP contribution is -2.25. The number of benzene rings is 2. The van der Waals surface area contributed by atoms with Gasteiger partial charge in [-0.15, -0.1) is 0 Å². The third-order valence-electron chi connectivity index (χ3n) is 4.81. The van der Waals surface area contributed by atoms with Crippen LogP contribution in [0, 0.1) is 5.92 Å². The highest BCUT2D eigenvalue weighted by Crippen LogP contribution is 2.50. The Bertz CT molecular complexity index is 905. The molecule has 1 aromatic heterocycles. The Balaban J connectivity index is 1.37. The highest BCUT2D eigenvalue weighted by Gasteiger charge is 2.45. The van der Waals surface area contributed by atoms with Crippen LogP contribution < -0.4 is 10.1 Å². The Morgan fingerprint density at radius 1 is 1.23 bits per heavy atom. The van der Waals surface area contributed by atoms with Crippen molar-refractivity contribution < 1.29 is 9.53 Å². The molecule has 1 heterocycles. The number of nitrogens with one attached hydrogen (secondary N) is 1. The second kappa shape index (κ2) is 7.04. The van der Waals surface area contributed by atoms with Crippen molar-refractivity contribution in [2.45, 2.75) is 18.9 Å². The van der Waals surface area contributed by atoms with Gasteiger partial charge < -0.3 is 10.1 Å². The maximum absolute atomic E-state index is 12.5. The van der Waals surface area contributed by atoms with Crippen LogP contribution in [0.15, 0.2) is 67.0 Å². The fourth-order valence-electron chi connectivity index (χ4n) is 3.35. The van der Waals surface area contributed by atoms with E-state index < -0.39 is 0 Å². The zero-order chi connectivity index (χ0) is 17.9. The predicted molar refractivity (Wildman–Crippen MR) is 99.3 cm³/mol. The van der Waals surface area contributed by atoms with E-state index >= 15 is 0 Å². The second-order valence-electron chi connectivity index (χ2n) is 6.53. The van der Waals surface area contributed by atoms with Crippen LogP contribution in [0.5, 0.6) is 5.75 Å². The molecule has 1 N–H and O–H groups in total. The number of hydrogen-bond donors (Lipinski definition) is 1. The number of para-hydroxylation sites is 1. The normalized spacial score (nSPS) is 18.3. The average molecular weight is 347 g/mol. The Morgan fingerprint density at radius 2 is 2.12 bits per heavy atom. The lowest BCUT2D eigenvalue weighted by molar-refractivity contribution is -0.122. The van der Waals surface area contributed by atoms with Gasteiger partial charge in [0, 0.05) is 24.9 Å². The van der Waals surface area contributed by atoms with Crippen molar-refractivity contribution in [1.82, 2.24) is 15.1 Å². The molecule has 5 nitrogen and oxygen atoms in total. The molecule has 1 amide bonds. The lowest BCUT2D eigenvalue weighted by atomic mass is 10.1. The van der Waals surface area contributed by atoms with Gasteiger partial charge in [0.1, 0.15) is 5.75 Å². The summed E-state index contributed by atoms with van der Waals surface area (Å²) in [4.78, 5) is 12.5. The van der Waals surface area contributed by atoms with Gasteiger partial charge in [0.15, 0.2) is 0 Å². The summed E-state index contributed by atoms with van der Waals surface area (Å²) in [6.07, 6.45) is 4.53. The molecule has 2 unspecified atom stereocenters. The number of carbonyl (C=O) groups is 1. The van der Waals surface area contributed by atoms with Crippen LogP contribution in [-0.2, 0) is 11.3 Å². The molecule has 4 rings (SSSR count). The molecule has 26 heavy (non-hydrogen) atoms. The Labute approximate surface area is 152 Å². The topological polar surface area (TPSA) is 56.1 Å². The zero-order valence-electron chi connectivity index (χ0n) is 14.6. The minimum atomic E-state index is 0.0283. The van der Waals surface area contributed by atoms with Gasteiger partial charge in [-0.1, -0.05) is 30.3 Å². The highest BCUT2D eigenvalue weighted by atomic mass is 16.5. The number of rotatable bonds is 6. The Morgan fingerprint density at radius 3 is 2.92 bits per heavy atom. The van der Waals surface area contributed by atoms with E-state index in [9.17, 15) is 4.79 Å². The molecular formula is C21H21N3O2. The van der Waals surface area contributed by atoms with Crippen molar-refractivity contribution in [2.24, 2.45) is 5.92 Å². The van der Waals surface area contributed by atoms with Gasteiger partial charge in [-0.05, 0) is 47.7 Å². The first-order valence-electron chi connectivity index (χ1n) is 8.76. The SMILES string of the molecule is COc1ccccc1C1CC1C(=O)NCc1cccc(-n2cccn2)c1. The molecule has 0 aliphatic heterocycles. The molecular weight excluding hydrogens is 326 g/mol. The summed E-state index contributed by atoms with van der Waals surface area (Å²) in [5.74, 6) is 1.24. The molecule has 5 heteroatoms. The Hall–Kier alpha value is -3.08. The van der Waals surface area contributed by atoms with Crippen LogP contribution in [0.4, 0.5) is 0 Å². The van der Waals surface area contributed by atoms with Crippen molar-refractivity contribution in [3.63, 3.8) is 0 Å². The molecule has 1 aliphatic rings. The van der Waals surface area contributed by atoms with E-state index in [-0.39, 0.29) is 17.7 Å². The first-order valence-corrected chi connectivity index (χ1v) is 8.76. The van der Waals surface area contributed by atoms with Crippen LogP contribution in [0.1, 0.15) is 23.5 Å². The first-order chi connectivity index (χ1) is 12.8. The minimum Gasteiger partial charge on any atom is -0.496 e. The van der Waals surface area contributed by atoms with Gasteiger partial charge in [0.2, 0.25) is 5.91 Å². The summed E-state index contributed by atoms with van der Waals surface area (Å²) in [5, 5.41) is 7.30. The molecule has 0 bridgehead atoms. The van der Waals surface area contributed by atoms with E-state index in [4.69, 9.17) is 4.74 Å². The molecule has 1 fully saturated rings.